The number of nitrogens with one attached hydrogen (secondary N) is 1. The predicted octanol–water partition coefficient (Wildman–Crippen LogP) is 3.48. The maximum atomic E-state index is 13.2. The van der Waals surface area contributed by atoms with Crippen molar-refractivity contribution >= 4 is 5.91 Å². The van der Waals surface area contributed by atoms with Crippen molar-refractivity contribution in [3.05, 3.63) is 65.0 Å². The molecule has 0 aliphatic rings. The highest BCUT2D eigenvalue weighted by atomic mass is 19.1. The minimum Gasteiger partial charge on any atom is -0.346 e. The lowest BCUT2D eigenvalue weighted by molar-refractivity contribution is 0.0914. The topological polar surface area (TPSA) is 42.0 Å². The predicted molar refractivity (Wildman–Crippen MR) is 80.6 cm³/mol. The molecule has 2 rings (SSSR count). The number of aromatic nitrogens is 1. The normalized spacial score (nSPS) is 11.3. The van der Waals surface area contributed by atoms with E-state index in [2.05, 4.69) is 10.3 Å². The highest BCUT2D eigenvalue weighted by Crippen LogP contribution is 2.13. The number of hydrogen-bond acceptors (Lipinski definition) is 2. The van der Waals surface area contributed by atoms with E-state index in [9.17, 15) is 13.6 Å². The van der Waals surface area contributed by atoms with E-state index in [1.54, 1.807) is 18.2 Å². The Balaban J connectivity index is 2.19. The third-order valence-electron chi connectivity index (χ3n) is 2.84. The number of halogens is 2. The number of hydrogen-bond donors (Lipinski definition) is 1. The number of carbonyl (C=O) groups excluding carboxylic acids is 1. The van der Waals surface area contributed by atoms with Gasteiger partial charge in [-0.1, -0.05) is 6.07 Å². The Labute approximate surface area is 128 Å². The zero-order valence-corrected chi connectivity index (χ0v) is 12.8. The summed E-state index contributed by atoms with van der Waals surface area (Å²) in [5.74, 6) is -1.53. The summed E-state index contributed by atoms with van der Waals surface area (Å²) in [6.07, 6.45) is 0.255. The maximum absolute atomic E-state index is 13.2. The quantitative estimate of drug-likeness (QED) is 0.943. The SMILES string of the molecule is CC(C)(C)NC(=O)c1cccc(Cc2cc(F)cc(F)c2)n1. The van der Waals surface area contributed by atoms with E-state index in [1.807, 2.05) is 20.8 Å². The van der Waals surface area contributed by atoms with Gasteiger partial charge in [0.1, 0.15) is 17.3 Å². The molecule has 1 heterocycles. The van der Waals surface area contributed by atoms with Crippen molar-refractivity contribution in [3.8, 4) is 0 Å². The number of carbonyl (C=O) groups is 1. The summed E-state index contributed by atoms with van der Waals surface area (Å²) in [5.41, 5.74) is 0.967. The summed E-state index contributed by atoms with van der Waals surface area (Å²) in [5, 5.41) is 2.82. The van der Waals surface area contributed by atoms with Gasteiger partial charge in [0.05, 0.1) is 0 Å². The van der Waals surface area contributed by atoms with Gasteiger partial charge in [0, 0.05) is 23.7 Å². The van der Waals surface area contributed by atoms with Crippen molar-refractivity contribution < 1.29 is 13.6 Å². The third-order valence-corrected chi connectivity index (χ3v) is 2.84. The fraction of sp³-hybridized carbons (Fsp3) is 0.294. The van der Waals surface area contributed by atoms with Crippen LogP contribution in [0.1, 0.15) is 42.5 Å². The molecule has 0 radical (unpaired) electrons. The second kappa shape index (κ2) is 6.22. The van der Waals surface area contributed by atoms with Crippen LogP contribution in [-0.2, 0) is 6.42 Å². The first-order valence-electron chi connectivity index (χ1n) is 6.96. The largest absolute Gasteiger partial charge is 0.346 e. The van der Waals surface area contributed by atoms with Crippen LogP contribution in [0.15, 0.2) is 36.4 Å². The molecule has 0 aliphatic heterocycles. The summed E-state index contributed by atoms with van der Waals surface area (Å²) >= 11 is 0. The molecule has 3 nitrogen and oxygen atoms in total. The van der Waals surface area contributed by atoms with Crippen LogP contribution in [0.2, 0.25) is 0 Å². The first-order valence-corrected chi connectivity index (χ1v) is 6.96. The Morgan fingerprint density at radius 1 is 1.14 bits per heavy atom. The fourth-order valence-corrected chi connectivity index (χ4v) is 2.03. The summed E-state index contributed by atoms with van der Waals surface area (Å²) in [4.78, 5) is 16.3. The van der Waals surface area contributed by atoms with Crippen LogP contribution in [0.3, 0.4) is 0 Å². The van der Waals surface area contributed by atoms with Crippen LogP contribution in [-0.4, -0.2) is 16.4 Å². The molecule has 2 aromatic rings. The molecule has 0 atom stereocenters. The van der Waals surface area contributed by atoms with Crippen LogP contribution in [0.25, 0.3) is 0 Å². The Morgan fingerprint density at radius 3 is 2.36 bits per heavy atom. The Morgan fingerprint density at radius 2 is 1.77 bits per heavy atom. The molecule has 5 heteroatoms. The number of benzene rings is 1. The van der Waals surface area contributed by atoms with Gasteiger partial charge in [-0.15, -0.1) is 0 Å². The standard InChI is InChI=1S/C17H18F2N2O/c1-17(2,3)21-16(22)15-6-4-5-14(20-15)9-11-7-12(18)10-13(19)8-11/h4-8,10H,9H2,1-3H3,(H,21,22). The summed E-state index contributed by atoms with van der Waals surface area (Å²) < 4.78 is 26.4. The number of pyridine rings is 1. The van der Waals surface area contributed by atoms with Crippen LogP contribution in [0, 0.1) is 11.6 Å². The summed E-state index contributed by atoms with van der Waals surface area (Å²) in [7, 11) is 0. The van der Waals surface area contributed by atoms with E-state index in [-0.39, 0.29) is 23.6 Å². The molecule has 0 spiro atoms. The molecule has 1 aromatic carbocycles. The smallest absolute Gasteiger partial charge is 0.270 e. The molecule has 0 aliphatic carbocycles. The van der Waals surface area contributed by atoms with E-state index in [1.165, 1.54) is 12.1 Å². The molecule has 1 amide bonds. The molecule has 116 valence electrons. The van der Waals surface area contributed by atoms with Gasteiger partial charge in [0.25, 0.3) is 5.91 Å². The van der Waals surface area contributed by atoms with Crippen molar-refractivity contribution in [1.82, 2.24) is 10.3 Å². The molecular formula is C17H18F2N2O. The zero-order chi connectivity index (χ0) is 16.3. The maximum Gasteiger partial charge on any atom is 0.270 e. The molecule has 0 bridgehead atoms. The molecule has 22 heavy (non-hydrogen) atoms. The molecular weight excluding hydrogens is 286 g/mol. The second-order valence-electron chi connectivity index (χ2n) is 6.17. The minimum absolute atomic E-state index is 0.255. The lowest BCUT2D eigenvalue weighted by Gasteiger charge is -2.20. The van der Waals surface area contributed by atoms with Gasteiger partial charge < -0.3 is 5.32 Å². The molecule has 1 N–H and O–H groups in total. The number of rotatable bonds is 3. The highest BCUT2D eigenvalue weighted by Gasteiger charge is 2.16. The Kier molecular flexibility index (Phi) is 4.54. The molecule has 0 saturated carbocycles. The molecule has 0 saturated heterocycles. The average Bonchev–Trinajstić information content (AvgIpc) is 2.35. The van der Waals surface area contributed by atoms with Gasteiger partial charge in [-0.2, -0.15) is 0 Å². The monoisotopic (exact) mass is 304 g/mol. The van der Waals surface area contributed by atoms with Crippen molar-refractivity contribution in [3.63, 3.8) is 0 Å². The lowest BCUT2D eigenvalue weighted by Crippen LogP contribution is -2.41. The van der Waals surface area contributed by atoms with E-state index < -0.39 is 11.6 Å². The number of nitrogens with zero attached hydrogens (tertiary/aromatic N) is 1. The summed E-state index contributed by atoms with van der Waals surface area (Å²) in [6, 6.07) is 8.37. The first-order chi connectivity index (χ1) is 10.2. The van der Waals surface area contributed by atoms with E-state index in [4.69, 9.17) is 0 Å². The summed E-state index contributed by atoms with van der Waals surface area (Å²) in [6.45, 7) is 5.64. The third kappa shape index (κ3) is 4.62. The van der Waals surface area contributed by atoms with Crippen LogP contribution >= 0.6 is 0 Å². The van der Waals surface area contributed by atoms with E-state index in [0.717, 1.165) is 6.07 Å². The van der Waals surface area contributed by atoms with Crippen molar-refractivity contribution in [2.45, 2.75) is 32.7 Å². The molecule has 0 fully saturated rings. The highest BCUT2D eigenvalue weighted by molar-refractivity contribution is 5.92. The van der Waals surface area contributed by atoms with Crippen LogP contribution in [0.4, 0.5) is 8.78 Å². The van der Waals surface area contributed by atoms with Crippen LogP contribution in [0.5, 0.6) is 0 Å². The van der Waals surface area contributed by atoms with Crippen molar-refractivity contribution in [2.24, 2.45) is 0 Å². The van der Waals surface area contributed by atoms with E-state index >= 15 is 0 Å². The average molecular weight is 304 g/mol. The fourth-order valence-electron chi connectivity index (χ4n) is 2.03. The van der Waals surface area contributed by atoms with Gasteiger partial charge >= 0.3 is 0 Å². The van der Waals surface area contributed by atoms with Crippen LogP contribution < -0.4 is 5.32 Å². The number of amides is 1. The van der Waals surface area contributed by atoms with Gasteiger partial charge in [0.2, 0.25) is 0 Å². The molecule has 1 aromatic heterocycles. The van der Waals surface area contributed by atoms with Gasteiger partial charge in [0.15, 0.2) is 0 Å². The Bertz CT molecular complexity index is 673. The second-order valence-corrected chi connectivity index (χ2v) is 6.17. The van der Waals surface area contributed by atoms with Gasteiger partial charge in [-0.3, -0.25) is 4.79 Å². The lowest BCUT2D eigenvalue weighted by atomic mass is 10.1. The minimum atomic E-state index is -0.628. The van der Waals surface area contributed by atoms with E-state index in [0.29, 0.717) is 11.3 Å². The Hall–Kier alpha value is -2.30. The first kappa shape index (κ1) is 16.1. The van der Waals surface area contributed by atoms with Gasteiger partial charge in [-0.25, -0.2) is 13.8 Å². The van der Waals surface area contributed by atoms with Crippen molar-refractivity contribution in [1.29, 1.82) is 0 Å². The zero-order valence-electron chi connectivity index (χ0n) is 12.8. The van der Waals surface area contributed by atoms with Gasteiger partial charge in [-0.05, 0) is 50.6 Å². The van der Waals surface area contributed by atoms with Crippen molar-refractivity contribution in [2.75, 3.05) is 0 Å². The molecule has 0 unspecified atom stereocenters.